The van der Waals surface area contributed by atoms with Crippen molar-refractivity contribution < 1.29 is 14.3 Å². The van der Waals surface area contributed by atoms with Crippen molar-refractivity contribution >= 4 is 40.0 Å². The van der Waals surface area contributed by atoms with Crippen LogP contribution in [-0.2, 0) is 0 Å². The molecule has 0 saturated carbocycles. The molecule has 9 heteroatoms. The van der Waals surface area contributed by atoms with Gasteiger partial charge in [-0.3, -0.25) is 10.1 Å². The number of ether oxygens (including phenoxy) is 2. The summed E-state index contributed by atoms with van der Waals surface area (Å²) < 4.78 is 10.6. The summed E-state index contributed by atoms with van der Waals surface area (Å²) in [6, 6.07) is 17.1. The highest BCUT2D eigenvalue weighted by Crippen LogP contribution is 2.28. The van der Waals surface area contributed by atoms with E-state index in [1.165, 1.54) is 19.8 Å². The van der Waals surface area contributed by atoms with Gasteiger partial charge in [-0.05, 0) is 72.6 Å². The van der Waals surface area contributed by atoms with Gasteiger partial charge >= 0.3 is 0 Å². The molecule has 0 bridgehead atoms. The number of fused-ring (bicyclic) bond motifs is 1. The SMILES string of the molecule is COc1cccc(OC)c1C(=O)NC(=S)Nc1cc2nn(-c3ccc(C(C)C)cc3)nc2cc1C. The fraction of sp³-hybridized carbons (Fsp3) is 0.231. The molecule has 0 aliphatic rings. The molecule has 180 valence electrons. The Morgan fingerprint density at radius 3 is 2.14 bits per heavy atom. The van der Waals surface area contributed by atoms with E-state index in [-0.39, 0.29) is 10.7 Å². The van der Waals surface area contributed by atoms with Gasteiger partial charge < -0.3 is 14.8 Å². The van der Waals surface area contributed by atoms with E-state index in [1.807, 2.05) is 31.2 Å². The lowest BCUT2D eigenvalue weighted by Gasteiger charge is -2.15. The molecule has 0 spiro atoms. The van der Waals surface area contributed by atoms with Gasteiger partial charge in [0.1, 0.15) is 28.1 Å². The van der Waals surface area contributed by atoms with E-state index in [2.05, 4.69) is 46.8 Å². The van der Waals surface area contributed by atoms with Crippen molar-refractivity contribution in [3.05, 3.63) is 71.3 Å². The lowest BCUT2D eigenvalue weighted by atomic mass is 10.0. The second kappa shape index (κ2) is 10.1. The molecule has 0 aliphatic heterocycles. The number of hydrogen-bond acceptors (Lipinski definition) is 6. The van der Waals surface area contributed by atoms with Crippen LogP contribution in [0.3, 0.4) is 0 Å². The van der Waals surface area contributed by atoms with Gasteiger partial charge in [-0.2, -0.15) is 4.80 Å². The predicted octanol–water partition coefficient (Wildman–Crippen LogP) is 5.00. The largest absolute Gasteiger partial charge is 0.496 e. The smallest absolute Gasteiger partial charge is 0.264 e. The first-order valence-corrected chi connectivity index (χ1v) is 11.5. The van der Waals surface area contributed by atoms with Gasteiger partial charge in [-0.1, -0.05) is 32.0 Å². The zero-order chi connectivity index (χ0) is 25.1. The minimum Gasteiger partial charge on any atom is -0.496 e. The summed E-state index contributed by atoms with van der Waals surface area (Å²) in [6.07, 6.45) is 0. The molecule has 0 unspecified atom stereocenters. The fourth-order valence-corrected chi connectivity index (χ4v) is 3.91. The summed E-state index contributed by atoms with van der Waals surface area (Å²) >= 11 is 5.40. The van der Waals surface area contributed by atoms with Crippen LogP contribution in [0.5, 0.6) is 11.5 Å². The average Bonchev–Trinajstić information content (AvgIpc) is 3.26. The highest BCUT2D eigenvalue weighted by Gasteiger charge is 2.19. The van der Waals surface area contributed by atoms with Crippen molar-refractivity contribution in [1.82, 2.24) is 20.3 Å². The van der Waals surface area contributed by atoms with Crippen LogP contribution < -0.4 is 20.1 Å². The molecule has 0 radical (unpaired) electrons. The number of carbonyl (C=O) groups is 1. The van der Waals surface area contributed by atoms with E-state index in [9.17, 15) is 4.79 Å². The van der Waals surface area contributed by atoms with Gasteiger partial charge in [0.2, 0.25) is 0 Å². The van der Waals surface area contributed by atoms with Gasteiger partial charge in [-0.25, -0.2) is 0 Å². The molecule has 8 nitrogen and oxygen atoms in total. The molecule has 1 aromatic heterocycles. The third-order valence-corrected chi connectivity index (χ3v) is 5.85. The molecule has 0 atom stereocenters. The third kappa shape index (κ3) is 5.09. The summed E-state index contributed by atoms with van der Waals surface area (Å²) in [5.74, 6) is 0.797. The number of anilines is 1. The molecule has 2 N–H and O–H groups in total. The number of nitrogens with zero attached hydrogens (tertiary/aromatic N) is 3. The summed E-state index contributed by atoms with van der Waals surface area (Å²) in [5, 5.41) is 15.2. The summed E-state index contributed by atoms with van der Waals surface area (Å²) in [4.78, 5) is 14.5. The quantitative estimate of drug-likeness (QED) is 0.369. The Labute approximate surface area is 209 Å². The maximum atomic E-state index is 12.9. The van der Waals surface area contributed by atoms with Gasteiger partial charge in [0, 0.05) is 5.69 Å². The van der Waals surface area contributed by atoms with Crippen LogP contribution in [0, 0.1) is 6.92 Å². The Hall–Kier alpha value is -3.98. The number of aromatic nitrogens is 3. The standard InChI is InChI=1S/C26H27N5O3S/c1-15(2)17-9-11-18(12-10-17)31-29-20-13-16(3)19(14-21(20)30-31)27-26(35)28-25(32)24-22(33-4)7-6-8-23(24)34-5/h6-15H,1-5H3,(H2,27,28,32,35). The van der Waals surface area contributed by atoms with Crippen LogP contribution in [-0.4, -0.2) is 40.2 Å². The Morgan fingerprint density at radius 1 is 0.971 bits per heavy atom. The number of amides is 1. The number of carbonyl (C=O) groups excluding carboxylic acids is 1. The Morgan fingerprint density at radius 2 is 1.57 bits per heavy atom. The Bertz CT molecular complexity index is 1370. The van der Waals surface area contributed by atoms with E-state index in [0.29, 0.717) is 22.9 Å². The monoisotopic (exact) mass is 489 g/mol. The number of methoxy groups -OCH3 is 2. The topological polar surface area (TPSA) is 90.3 Å². The molecule has 1 amide bonds. The first-order valence-electron chi connectivity index (χ1n) is 11.1. The van der Waals surface area contributed by atoms with E-state index in [1.54, 1.807) is 23.0 Å². The minimum atomic E-state index is -0.439. The van der Waals surface area contributed by atoms with Crippen molar-refractivity contribution in [2.45, 2.75) is 26.7 Å². The van der Waals surface area contributed by atoms with Crippen LogP contribution in [0.15, 0.2) is 54.6 Å². The highest BCUT2D eigenvalue weighted by atomic mass is 32.1. The van der Waals surface area contributed by atoms with Gasteiger partial charge in [0.15, 0.2) is 5.11 Å². The number of thiocarbonyl (C=S) groups is 1. The lowest BCUT2D eigenvalue weighted by Crippen LogP contribution is -2.34. The van der Waals surface area contributed by atoms with Gasteiger partial charge in [-0.15, -0.1) is 10.2 Å². The minimum absolute atomic E-state index is 0.141. The van der Waals surface area contributed by atoms with Crippen LogP contribution in [0.1, 0.15) is 41.3 Å². The molecule has 0 fully saturated rings. The first kappa shape index (κ1) is 24.2. The maximum Gasteiger partial charge on any atom is 0.264 e. The van der Waals surface area contributed by atoms with E-state index < -0.39 is 5.91 Å². The van der Waals surface area contributed by atoms with Crippen LogP contribution in [0.2, 0.25) is 0 Å². The van der Waals surface area contributed by atoms with Crippen LogP contribution in [0.4, 0.5) is 5.69 Å². The zero-order valence-corrected chi connectivity index (χ0v) is 21.1. The molecular weight excluding hydrogens is 462 g/mol. The van der Waals surface area contributed by atoms with E-state index >= 15 is 0 Å². The van der Waals surface area contributed by atoms with E-state index in [4.69, 9.17) is 21.7 Å². The first-order chi connectivity index (χ1) is 16.8. The second-order valence-corrected chi connectivity index (χ2v) is 8.75. The molecule has 1 heterocycles. The van der Waals surface area contributed by atoms with Crippen LogP contribution in [0.25, 0.3) is 16.7 Å². The van der Waals surface area contributed by atoms with Crippen molar-refractivity contribution in [3.8, 4) is 17.2 Å². The highest BCUT2D eigenvalue weighted by molar-refractivity contribution is 7.80. The number of hydrogen-bond donors (Lipinski definition) is 2. The number of rotatable bonds is 6. The molecular formula is C26H27N5O3S. The summed E-state index contributed by atoms with van der Waals surface area (Å²) in [6.45, 7) is 6.25. The molecule has 35 heavy (non-hydrogen) atoms. The van der Waals surface area contributed by atoms with Crippen molar-refractivity contribution in [3.63, 3.8) is 0 Å². The Balaban J connectivity index is 1.54. The Kier molecular flexibility index (Phi) is 6.97. The fourth-order valence-electron chi connectivity index (χ4n) is 3.70. The predicted molar refractivity (Wildman–Crippen MR) is 141 cm³/mol. The average molecular weight is 490 g/mol. The number of nitrogens with one attached hydrogen (secondary N) is 2. The zero-order valence-electron chi connectivity index (χ0n) is 20.2. The van der Waals surface area contributed by atoms with Gasteiger partial charge in [0.05, 0.1) is 19.9 Å². The lowest BCUT2D eigenvalue weighted by molar-refractivity contribution is 0.0971. The maximum absolute atomic E-state index is 12.9. The van der Waals surface area contributed by atoms with Crippen molar-refractivity contribution in [2.24, 2.45) is 0 Å². The third-order valence-electron chi connectivity index (χ3n) is 5.65. The molecule has 4 aromatic rings. The normalized spacial score (nSPS) is 10.9. The summed E-state index contributed by atoms with van der Waals surface area (Å²) in [7, 11) is 2.99. The summed E-state index contributed by atoms with van der Waals surface area (Å²) in [5.41, 5.74) is 5.49. The second-order valence-electron chi connectivity index (χ2n) is 8.34. The number of aryl methyl sites for hydroxylation is 1. The van der Waals surface area contributed by atoms with Crippen LogP contribution >= 0.6 is 12.2 Å². The molecule has 0 saturated heterocycles. The molecule has 3 aromatic carbocycles. The van der Waals surface area contributed by atoms with Crippen molar-refractivity contribution in [2.75, 3.05) is 19.5 Å². The van der Waals surface area contributed by atoms with Gasteiger partial charge in [0.25, 0.3) is 5.91 Å². The molecule has 0 aliphatic carbocycles. The molecule has 4 rings (SSSR count). The number of benzene rings is 3. The van der Waals surface area contributed by atoms with Crippen molar-refractivity contribution in [1.29, 1.82) is 0 Å². The van der Waals surface area contributed by atoms with E-state index in [0.717, 1.165) is 22.5 Å².